The quantitative estimate of drug-likeness (QED) is 0.677. The monoisotopic (exact) mass is 295 g/mol. The summed E-state index contributed by atoms with van der Waals surface area (Å²) in [6, 6.07) is 8.58. The molecule has 0 fully saturated rings. The molecular formula is C13H11Cl2N3O. The van der Waals surface area contributed by atoms with Crippen LogP contribution in [-0.2, 0) is 0 Å². The predicted octanol–water partition coefficient (Wildman–Crippen LogP) is 4.25. The molecule has 0 saturated heterocycles. The summed E-state index contributed by atoms with van der Waals surface area (Å²) in [5.41, 5.74) is 0.820. The Bertz CT molecular complexity index is 585. The Morgan fingerprint density at radius 2 is 2.11 bits per heavy atom. The molecule has 1 aromatic carbocycles. The molecule has 0 aliphatic carbocycles. The summed E-state index contributed by atoms with van der Waals surface area (Å²) < 4.78 is 5.56. The van der Waals surface area contributed by atoms with Crippen LogP contribution in [0.4, 0.5) is 5.69 Å². The SMILES string of the molecule is CN=CNc1ccc(Oc2ccc(Cl)cc2Cl)nc1. The van der Waals surface area contributed by atoms with E-state index < -0.39 is 0 Å². The Hall–Kier alpha value is -1.78. The van der Waals surface area contributed by atoms with Gasteiger partial charge in [-0.1, -0.05) is 23.2 Å². The molecule has 1 N–H and O–H groups in total. The van der Waals surface area contributed by atoms with Crippen molar-refractivity contribution in [3.8, 4) is 11.6 Å². The van der Waals surface area contributed by atoms with Crippen LogP contribution >= 0.6 is 23.2 Å². The topological polar surface area (TPSA) is 46.5 Å². The van der Waals surface area contributed by atoms with E-state index in [9.17, 15) is 0 Å². The molecule has 0 bridgehead atoms. The summed E-state index contributed by atoms with van der Waals surface area (Å²) in [4.78, 5) is 7.97. The molecule has 4 nitrogen and oxygen atoms in total. The van der Waals surface area contributed by atoms with Gasteiger partial charge in [-0.15, -0.1) is 0 Å². The summed E-state index contributed by atoms with van der Waals surface area (Å²) in [6.45, 7) is 0. The third kappa shape index (κ3) is 3.84. The van der Waals surface area contributed by atoms with Crippen molar-refractivity contribution >= 4 is 35.2 Å². The average Bonchev–Trinajstić information content (AvgIpc) is 2.41. The van der Waals surface area contributed by atoms with E-state index in [2.05, 4.69) is 15.3 Å². The summed E-state index contributed by atoms with van der Waals surface area (Å²) in [7, 11) is 1.68. The van der Waals surface area contributed by atoms with Crippen molar-refractivity contribution in [3.63, 3.8) is 0 Å². The number of pyridine rings is 1. The van der Waals surface area contributed by atoms with Gasteiger partial charge in [-0.25, -0.2) is 4.98 Å². The molecule has 0 radical (unpaired) electrons. The third-order valence-electron chi connectivity index (χ3n) is 2.21. The van der Waals surface area contributed by atoms with Gasteiger partial charge in [-0.3, -0.25) is 4.99 Å². The molecule has 0 atom stereocenters. The van der Waals surface area contributed by atoms with Gasteiger partial charge in [0.1, 0.15) is 5.75 Å². The fourth-order valence-electron chi connectivity index (χ4n) is 1.34. The smallest absolute Gasteiger partial charge is 0.219 e. The first-order valence-corrected chi connectivity index (χ1v) is 6.21. The Morgan fingerprint density at radius 1 is 1.26 bits per heavy atom. The largest absolute Gasteiger partial charge is 0.437 e. The molecule has 6 heteroatoms. The van der Waals surface area contributed by atoms with Crippen LogP contribution in [0.3, 0.4) is 0 Å². The van der Waals surface area contributed by atoms with Gasteiger partial charge in [0.15, 0.2) is 0 Å². The second-order valence-electron chi connectivity index (χ2n) is 3.59. The van der Waals surface area contributed by atoms with E-state index in [-0.39, 0.29) is 0 Å². The van der Waals surface area contributed by atoms with E-state index in [0.29, 0.717) is 21.7 Å². The van der Waals surface area contributed by atoms with E-state index in [1.54, 1.807) is 43.8 Å². The zero-order valence-corrected chi connectivity index (χ0v) is 11.6. The minimum absolute atomic E-state index is 0.439. The van der Waals surface area contributed by atoms with E-state index >= 15 is 0 Å². The molecule has 19 heavy (non-hydrogen) atoms. The van der Waals surface area contributed by atoms with Crippen LogP contribution in [0.1, 0.15) is 0 Å². The van der Waals surface area contributed by atoms with E-state index in [1.807, 2.05) is 6.07 Å². The van der Waals surface area contributed by atoms with Gasteiger partial charge >= 0.3 is 0 Å². The van der Waals surface area contributed by atoms with Crippen LogP contribution in [0, 0.1) is 0 Å². The standard InChI is InChI=1S/C13H11Cl2N3O/c1-16-8-18-10-3-5-13(17-7-10)19-12-4-2-9(14)6-11(12)15/h2-8H,1H3,(H,16,18). The molecule has 2 rings (SSSR count). The molecule has 0 amide bonds. The molecule has 0 saturated carbocycles. The molecule has 0 aliphatic heterocycles. The van der Waals surface area contributed by atoms with Crippen molar-refractivity contribution in [2.75, 3.05) is 12.4 Å². The second-order valence-corrected chi connectivity index (χ2v) is 4.44. The molecule has 0 unspecified atom stereocenters. The number of aliphatic imine (C=N–C) groups is 1. The maximum Gasteiger partial charge on any atom is 0.219 e. The third-order valence-corrected chi connectivity index (χ3v) is 2.74. The van der Waals surface area contributed by atoms with Crippen molar-refractivity contribution < 1.29 is 4.74 Å². The lowest BCUT2D eigenvalue weighted by atomic mass is 10.3. The van der Waals surface area contributed by atoms with Gasteiger partial charge in [0, 0.05) is 18.1 Å². The highest BCUT2D eigenvalue weighted by atomic mass is 35.5. The predicted molar refractivity (Wildman–Crippen MR) is 78.8 cm³/mol. The van der Waals surface area contributed by atoms with Crippen molar-refractivity contribution in [2.45, 2.75) is 0 Å². The number of nitrogens with one attached hydrogen (secondary N) is 1. The summed E-state index contributed by atoms with van der Waals surface area (Å²) in [5, 5.41) is 3.95. The Balaban J connectivity index is 2.10. The molecule has 98 valence electrons. The van der Waals surface area contributed by atoms with Gasteiger partial charge in [-0.2, -0.15) is 0 Å². The first-order valence-electron chi connectivity index (χ1n) is 5.45. The van der Waals surface area contributed by atoms with Crippen LogP contribution < -0.4 is 10.1 Å². The zero-order chi connectivity index (χ0) is 13.7. The molecular weight excluding hydrogens is 285 g/mol. The van der Waals surface area contributed by atoms with Crippen LogP contribution in [0.15, 0.2) is 41.5 Å². The minimum Gasteiger partial charge on any atom is -0.437 e. The van der Waals surface area contributed by atoms with Gasteiger partial charge < -0.3 is 10.1 Å². The number of hydrogen-bond acceptors (Lipinski definition) is 3. The Morgan fingerprint density at radius 3 is 2.74 bits per heavy atom. The lowest BCUT2D eigenvalue weighted by Gasteiger charge is -2.07. The maximum atomic E-state index is 6.01. The maximum absolute atomic E-state index is 6.01. The van der Waals surface area contributed by atoms with Crippen LogP contribution in [0.25, 0.3) is 0 Å². The van der Waals surface area contributed by atoms with Crippen LogP contribution in [-0.4, -0.2) is 18.4 Å². The Kier molecular flexibility index (Phi) is 4.60. The van der Waals surface area contributed by atoms with Crippen LogP contribution in [0.2, 0.25) is 10.0 Å². The van der Waals surface area contributed by atoms with Crippen molar-refractivity contribution in [2.24, 2.45) is 4.99 Å². The Labute approximate surface area is 121 Å². The summed E-state index contributed by atoms with van der Waals surface area (Å²) in [6.07, 6.45) is 3.22. The van der Waals surface area contributed by atoms with Crippen molar-refractivity contribution in [3.05, 3.63) is 46.6 Å². The van der Waals surface area contributed by atoms with Crippen molar-refractivity contribution in [1.29, 1.82) is 0 Å². The highest BCUT2D eigenvalue weighted by molar-refractivity contribution is 6.35. The zero-order valence-electron chi connectivity index (χ0n) is 10.1. The number of rotatable bonds is 4. The molecule has 0 spiro atoms. The van der Waals surface area contributed by atoms with E-state index in [4.69, 9.17) is 27.9 Å². The van der Waals surface area contributed by atoms with Gasteiger partial charge in [0.25, 0.3) is 0 Å². The van der Waals surface area contributed by atoms with E-state index in [0.717, 1.165) is 5.69 Å². The van der Waals surface area contributed by atoms with Gasteiger partial charge in [0.05, 0.1) is 23.2 Å². The first kappa shape index (κ1) is 13.6. The lowest BCUT2D eigenvalue weighted by Crippen LogP contribution is -1.95. The van der Waals surface area contributed by atoms with Crippen molar-refractivity contribution in [1.82, 2.24) is 4.98 Å². The minimum atomic E-state index is 0.439. The number of anilines is 1. The van der Waals surface area contributed by atoms with E-state index in [1.165, 1.54) is 0 Å². The molecule has 1 heterocycles. The molecule has 0 aliphatic rings. The normalized spacial score (nSPS) is 10.7. The average molecular weight is 296 g/mol. The summed E-state index contributed by atoms with van der Waals surface area (Å²) in [5.74, 6) is 0.956. The highest BCUT2D eigenvalue weighted by Gasteiger charge is 2.04. The number of halogens is 2. The summed E-state index contributed by atoms with van der Waals surface area (Å²) >= 11 is 11.8. The molecule has 2 aromatic rings. The first-order chi connectivity index (χ1) is 9.19. The number of nitrogens with zero attached hydrogens (tertiary/aromatic N) is 2. The lowest BCUT2D eigenvalue weighted by molar-refractivity contribution is 0.463. The fourth-order valence-corrected chi connectivity index (χ4v) is 1.78. The highest BCUT2D eigenvalue weighted by Crippen LogP contribution is 2.30. The van der Waals surface area contributed by atoms with Gasteiger partial charge in [0.2, 0.25) is 5.88 Å². The molecule has 1 aromatic heterocycles. The van der Waals surface area contributed by atoms with Gasteiger partial charge in [-0.05, 0) is 24.3 Å². The number of hydrogen-bond donors (Lipinski definition) is 1. The number of benzene rings is 1. The second kappa shape index (κ2) is 6.41. The number of aromatic nitrogens is 1. The fraction of sp³-hybridized carbons (Fsp3) is 0.0769. The van der Waals surface area contributed by atoms with Crippen LogP contribution in [0.5, 0.6) is 11.6 Å². The number of ether oxygens (including phenoxy) is 1.